The van der Waals surface area contributed by atoms with Crippen molar-refractivity contribution in [1.82, 2.24) is 0 Å². The van der Waals surface area contributed by atoms with Crippen LogP contribution in [0.25, 0.3) is 0 Å². The van der Waals surface area contributed by atoms with Crippen LogP contribution in [0.15, 0.2) is 24.3 Å². The van der Waals surface area contributed by atoms with E-state index >= 15 is 0 Å². The van der Waals surface area contributed by atoms with Crippen molar-refractivity contribution in [3.63, 3.8) is 0 Å². The molecular formula is C18H28N2O. The Kier molecular flexibility index (Phi) is 4.39. The van der Waals surface area contributed by atoms with E-state index in [2.05, 4.69) is 48.3 Å². The average Bonchev–Trinajstić information content (AvgIpc) is 3.02. The molecule has 2 atom stereocenters. The number of nitrogens with one attached hydrogen (secondary N) is 1. The van der Waals surface area contributed by atoms with Gasteiger partial charge < -0.3 is 15.0 Å². The van der Waals surface area contributed by atoms with Crippen LogP contribution < -0.4 is 10.2 Å². The van der Waals surface area contributed by atoms with Gasteiger partial charge in [0, 0.05) is 37.1 Å². The lowest BCUT2D eigenvalue weighted by molar-refractivity contribution is -0.0708. The van der Waals surface area contributed by atoms with Crippen molar-refractivity contribution < 1.29 is 4.74 Å². The first kappa shape index (κ1) is 14.7. The predicted octanol–water partition coefficient (Wildman–Crippen LogP) is 4.05. The minimum atomic E-state index is 0.0441. The summed E-state index contributed by atoms with van der Waals surface area (Å²) in [4.78, 5) is 2.49. The zero-order valence-corrected chi connectivity index (χ0v) is 13.4. The second kappa shape index (κ2) is 6.27. The van der Waals surface area contributed by atoms with Crippen molar-refractivity contribution in [1.29, 1.82) is 0 Å². The van der Waals surface area contributed by atoms with Crippen LogP contribution in [0.1, 0.15) is 46.0 Å². The zero-order chi connectivity index (χ0) is 14.7. The number of rotatable bonds is 4. The molecule has 0 radical (unpaired) electrons. The molecule has 2 aliphatic rings. The van der Waals surface area contributed by atoms with E-state index < -0.39 is 0 Å². The highest BCUT2D eigenvalue weighted by atomic mass is 16.5. The van der Waals surface area contributed by atoms with Crippen LogP contribution in [0.2, 0.25) is 0 Å². The molecule has 1 aromatic carbocycles. The molecule has 116 valence electrons. The highest BCUT2D eigenvalue weighted by Gasteiger charge is 2.31. The standard InChI is InChI=1S/C18H28N2O/c1-3-18(2)14-16(9-12-21-18)19-15-7-6-8-17(13-15)20-10-4-5-11-20/h6-8,13,16,19H,3-5,9-12,14H2,1-2H3. The van der Waals surface area contributed by atoms with E-state index in [0.717, 1.165) is 25.9 Å². The third-order valence-electron chi connectivity index (χ3n) is 5.03. The zero-order valence-electron chi connectivity index (χ0n) is 13.4. The molecule has 21 heavy (non-hydrogen) atoms. The average molecular weight is 288 g/mol. The van der Waals surface area contributed by atoms with Crippen molar-refractivity contribution in [3.05, 3.63) is 24.3 Å². The molecular weight excluding hydrogens is 260 g/mol. The molecule has 2 heterocycles. The highest BCUT2D eigenvalue weighted by molar-refractivity contribution is 5.58. The number of ether oxygens (including phenoxy) is 1. The summed E-state index contributed by atoms with van der Waals surface area (Å²) in [5.41, 5.74) is 2.66. The van der Waals surface area contributed by atoms with Crippen LogP contribution in [-0.2, 0) is 4.74 Å². The SMILES string of the molecule is CCC1(C)CC(Nc2cccc(N3CCCC3)c2)CCO1. The lowest BCUT2D eigenvalue weighted by Gasteiger charge is -2.38. The second-order valence-electron chi connectivity index (χ2n) is 6.73. The van der Waals surface area contributed by atoms with Crippen LogP contribution >= 0.6 is 0 Å². The maximum atomic E-state index is 5.94. The van der Waals surface area contributed by atoms with Crippen LogP contribution in [-0.4, -0.2) is 31.3 Å². The molecule has 3 rings (SSSR count). The molecule has 2 fully saturated rings. The first-order valence-electron chi connectivity index (χ1n) is 8.44. The third-order valence-corrected chi connectivity index (χ3v) is 5.03. The fraction of sp³-hybridized carbons (Fsp3) is 0.667. The second-order valence-corrected chi connectivity index (χ2v) is 6.73. The van der Waals surface area contributed by atoms with Gasteiger partial charge in [0.15, 0.2) is 0 Å². The number of benzene rings is 1. The summed E-state index contributed by atoms with van der Waals surface area (Å²) < 4.78 is 5.94. The molecule has 0 aromatic heterocycles. The van der Waals surface area contributed by atoms with Crippen molar-refractivity contribution in [2.24, 2.45) is 0 Å². The normalized spacial score (nSPS) is 29.6. The number of anilines is 2. The lowest BCUT2D eigenvalue weighted by Crippen LogP contribution is -2.41. The van der Waals surface area contributed by atoms with Crippen molar-refractivity contribution in [2.45, 2.75) is 57.6 Å². The molecule has 0 aliphatic carbocycles. The van der Waals surface area contributed by atoms with Gasteiger partial charge in [0.05, 0.1) is 5.60 Å². The molecule has 2 saturated heterocycles. The third kappa shape index (κ3) is 3.52. The largest absolute Gasteiger partial charge is 0.382 e. The maximum Gasteiger partial charge on any atom is 0.0671 e. The molecule has 3 heteroatoms. The minimum Gasteiger partial charge on any atom is -0.382 e. The summed E-state index contributed by atoms with van der Waals surface area (Å²) in [6.07, 6.45) is 5.93. The quantitative estimate of drug-likeness (QED) is 0.904. The Morgan fingerprint density at radius 3 is 2.90 bits per heavy atom. The predicted molar refractivity (Wildman–Crippen MR) is 89.2 cm³/mol. The van der Waals surface area contributed by atoms with Crippen LogP contribution in [0, 0.1) is 0 Å². The smallest absolute Gasteiger partial charge is 0.0671 e. The number of hydrogen-bond acceptors (Lipinski definition) is 3. The van der Waals surface area contributed by atoms with Gasteiger partial charge in [0.2, 0.25) is 0 Å². The van der Waals surface area contributed by atoms with E-state index in [1.807, 2.05) is 0 Å². The van der Waals surface area contributed by atoms with Gasteiger partial charge in [-0.25, -0.2) is 0 Å². The maximum absolute atomic E-state index is 5.94. The first-order chi connectivity index (χ1) is 10.2. The molecule has 2 unspecified atom stereocenters. The lowest BCUT2D eigenvalue weighted by atomic mass is 9.90. The number of hydrogen-bond donors (Lipinski definition) is 1. The Balaban J connectivity index is 1.65. The van der Waals surface area contributed by atoms with Gasteiger partial charge in [-0.1, -0.05) is 13.0 Å². The Morgan fingerprint density at radius 1 is 1.33 bits per heavy atom. The van der Waals surface area contributed by atoms with Crippen molar-refractivity contribution in [3.8, 4) is 0 Å². The van der Waals surface area contributed by atoms with Gasteiger partial charge in [-0.05, 0) is 57.2 Å². The molecule has 2 aliphatic heterocycles. The number of nitrogens with zero attached hydrogens (tertiary/aromatic N) is 1. The van der Waals surface area contributed by atoms with E-state index in [9.17, 15) is 0 Å². The monoisotopic (exact) mass is 288 g/mol. The Bertz CT molecular complexity index is 470. The minimum absolute atomic E-state index is 0.0441. The molecule has 0 amide bonds. The Morgan fingerprint density at radius 2 is 2.14 bits per heavy atom. The fourth-order valence-corrected chi connectivity index (χ4v) is 3.50. The van der Waals surface area contributed by atoms with E-state index in [-0.39, 0.29) is 5.60 Å². The van der Waals surface area contributed by atoms with Crippen LogP contribution in [0.3, 0.4) is 0 Å². The summed E-state index contributed by atoms with van der Waals surface area (Å²) in [6.45, 7) is 7.73. The Labute approximate surface area is 128 Å². The van der Waals surface area contributed by atoms with Crippen molar-refractivity contribution in [2.75, 3.05) is 29.9 Å². The van der Waals surface area contributed by atoms with Crippen molar-refractivity contribution >= 4 is 11.4 Å². The van der Waals surface area contributed by atoms with Gasteiger partial charge >= 0.3 is 0 Å². The van der Waals surface area contributed by atoms with Crippen LogP contribution in [0.5, 0.6) is 0 Å². The first-order valence-corrected chi connectivity index (χ1v) is 8.44. The molecule has 0 spiro atoms. The summed E-state index contributed by atoms with van der Waals surface area (Å²) in [7, 11) is 0. The topological polar surface area (TPSA) is 24.5 Å². The van der Waals surface area contributed by atoms with E-state index in [1.54, 1.807) is 0 Å². The van der Waals surface area contributed by atoms with Gasteiger partial charge in [-0.3, -0.25) is 0 Å². The highest BCUT2D eigenvalue weighted by Crippen LogP contribution is 2.30. The molecule has 3 nitrogen and oxygen atoms in total. The molecule has 0 bridgehead atoms. The fourth-order valence-electron chi connectivity index (χ4n) is 3.50. The van der Waals surface area contributed by atoms with Gasteiger partial charge in [0.1, 0.15) is 0 Å². The van der Waals surface area contributed by atoms with Gasteiger partial charge in [0.25, 0.3) is 0 Å². The Hall–Kier alpha value is -1.22. The summed E-state index contributed by atoms with van der Waals surface area (Å²) >= 11 is 0. The summed E-state index contributed by atoms with van der Waals surface area (Å²) in [5, 5.41) is 3.73. The van der Waals surface area contributed by atoms with Gasteiger partial charge in [-0.15, -0.1) is 0 Å². The van der Waals surface area contributed by atoms with Gasteiger partial charge in [-0.2, -0.15) is 0 Å². The van der Waals surface area contributed by atoms with Crippen LogP contribution in [0.4, 0.5) is 11.4 Å². The van der Waals surface area contributed by atoms with E-state index in [0.29, 0.717) is 6.04 Å². The summed E-state index contributed by atoms with van der Waals surface area (Å²) in [6, 6.07) is 9.44. The van der Waals surface area contributed by atoms with E-state index in [1.165, 1.54) is 37.3 Å². The molecule has 1 aromatic rings. The molecule has 0 saturated carbocycles. The summed E-state index contributed by atoms with van der Waals surface area (Å²) in [5.74, 6) is 0. The molecule has 1 N–H and O–H groups in total. The van der Waals surface area contributed by atoms with E-state index in [4.69, 9.17) is 4.74 Å².